The van der Waals surface area contributed by atoms with E-state index in [0.29, 0.717) is 0 Å². The molecule has 1 N–H and O–H groups in total. The lowest BCUT2D eigenvalue weighted by Crippen LogP contribution is -2.22. The Morgan fingerprint density at radius 1 is 1.38 bits per heavy atom. The van der Waals surface area contributed by atoms with Gasteiger partial charge in [0.2, 0.25) is 0 Å². The number of carboxylic acids is 1. The molecule has 1 unspecified atom stereocenters. The lowest BCUT2D eigenvalue weighted by atomic mass is 10.0. The fourth-order valence-electron chi connectivity index (χ4n) is 1.59. The van der Waals surface area contributed by atoms with E-state index in [1.165, 1.54) is 4.90 Å². The molecule has 0 aliphatic carbocycles. The highest BCUT2D eigenvalue weighted by Crippen LogP contribution is 2.24. The zero-order valence-corrected chi connectivity index (χ0v) is 10.6. The van der Waals surface area contributed by atoms with Gasteiger partial charge in [0.05, 0.1) is 6.42 Å². The van der Waals surface area contributed by atoms with Crippen LogP contribution in [0.3, 0.4) is 0 Å². The minimum Gasteiger partial charge on any atom is -0.481 e. The van der Waals surface area contributed by atoms with E-state index in [-0.39, 0.29) is 12.5 Å². The standard InChI is InChI=1S/C12H17NO2S/c1-13(2)11(8-12(14)15)9-4-6-10(16-3)7-5-9/h4-7,11H,8H2,1-3H3,(H,14,15). The summed E-state index contributed by atoms with van der Waals surface area (Å²) in [6.45, 7) is 0. The Hall–Kier alpha value is -1.00. The molecule has 1 atom stereocenters. The highest BCUT2D eigenvalue weighted by molar-refractivity contribution is 7.98. The molecule has 1 aromatic carbocycles. The molecule has 0 heterocycles. The molecule has 0 aliphatic heterocycles. The first-order chi connectivity index (χ1) is 7.54. The molecular weight excluding hydrogens is 222 g/mol. The van der Waals surface area contributed by atoms with Crippen molar-refractivity contribution in [3.05, 3.63) is 29.8 Å². The van der Waals surface area contributed by atoms with Crippen LogP contribution >= 0.6 is 11.8 Å². The van der Waals surface area contributed by atoms with Gasteiger partial charge in [-0.05, 0) is 38.0 Å². The van der Waals surface area contributed by atoms with Gasteiger partial charge in [0.1, 0.15) is 0 Å². The molecule has 16 heavy (non-hydrogen) atoms. The predicted molar refractivity (Wildman–Crippen MR) is 66.9 cm³/mol. The summed E-state index contributed by atoms with van der Waals surface area (Å²) in [6, 6.07) is 7.99. The molecule has 88 valence electrons. The van der Waals surface area contributed by atoms with Crippen molar-refractivity contribution in [1.29, 1.82) is 0 Å². The van der Waals surface area contributed by atoms with Crippen LogP contribution in [-0.4, -0.2) is 36.3 Å². The van der Waals surface area contributed by atoms with Gasteiger partial charge in [0.15, 0.2) is 0 Å². The van der Waals surface area contributed by atoms with Gasteiger partial charge in [-0.1, -0.05) is 12.1 Å². The quantitative estimate of drug-likeness (QED) is 0.801. The summed E-state index contributed by atoms with van der Waals surface area (Å²) in [5.74, 6) is -0.771. The van der Waals surface area contributed by atoms with Crippen molar-refractivity contribution < 1.29 is 9.90 Å². The van der Waals surface area contributed by atoms with Crippen molar-refractivity contribution >= 4 is 17.7 Å². The Labute approximate surface area is 100 Å². The van der Waals surface area contributed by atoms with Crippen LogP contribution in [0, 0.1) is 0 Å². The van der Waals surface area contributed by atoms with Gasteiger partial charge in [-0.2, -0.15) is 0 Å². The van der Waals surface area contributed by atoms with Crippen molar-refractivity contribution in [2.45, 2.75) is 17.4 Å². The van der Waals surface area contributed by atoms with E-state index in [4.69, 9.17) is 5.11 Å². The summed E-state index contributed by atoms with van der Waals surface area (Å²) in [5.41, 5.74) is 1.05. The molecule has 0 spiro atoms. The molecule has 0 amide bonds. The number of hydrogen-bond donors (Lipinski definition) is 1. The molecule has 0 saturated carbocycles. The lowest BCUT2D eigenvalue weighted by molar-refractivity contribution is -0.138. The average Bonchev–Trinajstić information content (AvgIpc) is 2.25. The number of hydrogen-bond acceptors (Lipinski definition) is 3. The van der Waals surface area contributed by atoms with Crippen molar-refractivity contribution in [3.8, 4) is 0 Å². The third kappa shape index (κ3) is 3.54. The first-order valence-corrected chi connectivity index (χ1v) is 6.29. The van der Waals surface area contributed by atoms with Crippen LogP contribution in [-0.2, 0) is 4.79 Å². The molecular formula is C12H17NO2S. The molecule has 1 rings (SSSR count). The molecule has 4 heteroatoms. The molecule has 0 fully saturated rings. The highest BCUT2D eigenvalue weighted by atomic mass is 32.2. The fourth-order valence-corrected chi connectivity index (χ4v) is 2.00. The second kappa shape index (κ2) is 5.92. The number of nitrogens with zero attached hydrogens (tertiary/aromatic N) is 1. The zero-order valence-electron chi connectivity index (χ0n) is 9.80. The van der Waals surface area contributed by atoms with Gasteiger partial charge in [0, 0.05) is 10.9 Å². The van der Waals surface area contributed by atoms with Crippen LogP contribution in [0.25, 0.3) is 0 Å². The summed E-state index contributed by atoms with van der Waals surface area (Å²) in [6.07, 6.45) is 2.15. The second-order valence-electron chi connectivity index (χ2n) is 3.85. The number of rotatable bonds is 5. The number of aliphatic carboxylic acids is 1. The van der Waals surface area contributed by atoms with Crippen LogP contribution in [0.15, 0.2) is 29.2 Å². The number of benzene rings is 1. The second-order valence-corrected chi connectivity index (χ2v) is 4.73. The highest BCUT2D eigenvalue weighted by Gasteiger charge is 2.17. The Morgan fingerprint density at radius 2 is 1.94 bits per heavy atom. The minimum absolute atomic E-state index is 0.0617. The van der Waals surface area contributed by atoms with E-state index >= 15 is 0 Å². The van der Waals surface area contributed by atoms with Gasteiger partial charge in [-0.25, -0.2) is 0 Å². The monoisotopic (exact) mass is 239 g/mol. The largest absolute Gasteiger partial charge is 0.481 e. The molecule has 3 nitrogen and oxygen atoms in total. The van der Waals surface area contributed by atoms with Gasteiger partial charge in [0.25, 0.3) is 0 Å². The van der Waals surface area contributed by atoms with Crippen LogP contribution in [0.5, 0.6) is 0 Å². The normalized spacial score (nSPS) is 12.8. The lowest BCUT2D eigenvalue weighted by Gasteiger charge is -2.23. The summed E-state index contributed by atoms with van der Waals surface area (Å²) in [5, 5.41) is 8.86. The first-order valence-electron chi connectivity index (χ1n) is 5.06. The van der Waals surface area contributed by atoms with Crippen molar-refractivity contribution in [1.82, 2.24) is 4.90 Å². The average molecular weight is 239 g/mol. The van der Waals surface area contributed by atoms with E-state index in [9.17, 15) is 4.79 Å². The number of thioether (sulfide) groups is 1. The van der Waals surface area contributed by atoms with E-state index < -0.39 is 5.97 Å². The first kappa shape index (κ1) is 13.1. The molecule has 0 aromatic heterocycles. The van der Waals surface area contributed by atoms with E-state index in [2.05, 4.69) is 0 Å². The van der Waals surface area contributed by atoms with Crippen molar-refractivity contribution in [2.75, 3.05) is 20.4 Å². The van der Waals surface area contributed by atoms with E-state index in [1.807, 2.05) is 49.5 Å². The molecule has 0 aliphatic rings. The topological polar surface area (TPSA) is 40.5 Å². The Balaban J connectivity index is 2.88. The van der Waals surface area contributed by atoms with Gasteiger partial charge in [-0.3, -0.25) is 4.79 Å². The Morgan fingerprint density at radius 3 is 2.31 bits per heavy atom. The van der Waals surface area contributed by atoms with E-state index in [1.54, 1.807) is 11.8 Å². The molecule has 0 saturated heterocycles. The van der Waals surface area contributed by atoms with Crippen molar-refractivity contribution in [2.24, 2.45) is 0 Å². The Kier molecular flexibility index (Phi) is 4.83. The van der Waals surface area contributed by atoms with Gasteiger partial charge >= 0.3 is 5.97 Å². The van der Waals surface area contributed by atoms with Crippen LogP contribution in [0.2, 0.25) is 0 Å². The minimum atomic E-state index is -0.771. The number of carboxylic acid groups (broad SMARTS) is 1. The Bertz CT molecular complexity index is 349. The van der Waals surface area contributed by atoms with Crippen LogP contribution in [0.4, 0.5) is 0 Å². The van der Waals surface area contributed by atoms with Crippen LogP contribution in [0.1, 0.15) is 18.0 Å². The maximum atomic E-state index is 10.8. The number of carbonyl (C=O) groups is 1. The molecule has 1 aromatic rings. The van der Waals surface area contributed by atoms with Gasteiger partial charge < -0.3 is 10.0 Å². The smallest absolute Gasteiger partial charge is 0.305 e. The van der Waals surface area contributed by atoms with E-state index in [0.717, 1.165) is 5.56 Å². The third-order valence-corrected chi connectivity index (χ3v) is 3.24. The van der Waals surface area contributed by atoms with Crippen molar-refractivity contribution in [3.63, 3.8) is 0 Å². The predicted octanol–water partition coefficient (Wildman–Crippen LogP) is 2.49. The SMILES string of the molecule is CSc1ccc(C(CC(=O)O)N(C)C)cc1. The summed E-state index contributed by atoms with van der Waals surface area (Å²) in [4.78, 5) is 13.9. The summed E-state index contributed by atoms with van der Waals surface area (Å²) >= 11 is 1.68. The summed E-state index contributed by atoms with van der Waals surface area (Å²) in [7, 11) is 3.80. The molecule has 0 bridgehead atoms. The molecule has 0 radical (unpaired) electrons. The van der Waals surface area contributed by atoms with Gasteiger partial charge in [-0.15, -0.1) is 11.8 Å². The maximum absolute atomic E-state index is 10.8. The third-order valence-electron chi connectivity index (χ3n) is 2.49. The summed E-state index contributed by atoms with van der Waals surface area (Å²) < 4.78 is 0. The fraction of sp³-hybridized carbons (Fsp3) is 0.417. The van der Waals surface area contributed by atoms with Crippen LogP contribution < -0.4 is 0 Å². The zero-order chi connectivity index (χ0) is 12.1. The maximum Gasteiger partial charge on any atom is 0.305 e.